The molecule has 17 heteroatoms. The number of likely N-dealkylation sites (N-methyl/N-ethyl adjacent to an activating group) is 1. The van der Waals surface area contributed by atoms with Crippen molar-refractivity contribution in [2.75, 3.05) is 25.5 Å². The SMILES string of the molecule is CC[C@H]1OC(=O)[C@H](C)[C@@H](O)[C@H](C)[C@@H](O[C@@H]2O[C@H](C)C[C@H](N(C)C(=O)N(C)c3ccccc3)[C@H]2Oc2ccc(C(F)(F)F)c(Cl)c2)[C@](C)(O)C[C@@H](C)CN[C@H](C)[C@@H](O)[C@]1(C)O. The molecule has 0 bridgehead atoms. The number of nitrogens with zero attached hydrogens (tertiary/aromatic N) is 2. The van der Waals surface area contributed by atoms with Gasteiger partial charge in [0, 0.05) is 31.7 Å². The standard InChI is InChI=1S/C43H63ClF3N3O10/c1-11-33-42(8,56)36(52)27(6)48-22-23(2)21-41(7,55)37(25(4)34(51)26(5)38(53)59-33)60-39-35(58-29-17-18-30(31(44)20-29)43(45,46)47)32(19-24(3)57-39)50(10)40(54)49(9)28-15-13-12-14-16-28/h12-18,20,23-27,32-37,39,48,51-52,55-56H,11,19,21-22H2,1-10H3/t23-,24-,25+,26-,27-,32+,33-,34+,35-,36-,37-,39+,41-,42-/m1/s1. The van der Waals surface area contributed by atoms with Crippen molar-refractivity contribution in [1.29, 1.82) is 0 Å². The Balaban J connectivity index is 1.80. The molecule has 0 saturated carbocycles. The first-order chi connectivity index (χ1) is 27.8. The average molecular weight is 874 g/mol. The van der Waals surface area contributed by atoms with Gasteiger partial charge in [-0.2, -0.15) is 13.2 Å². The zero-order chi connectivity index (χ0) is 45.1. The van der Waals surface area contributed by atoms with Crippen LogP contribution in [0.4, 0.5) is 23.7 Å². The number of esters is 1. The van der Waals surface area contributed by atoms with Gasteiger partial charge in [-0.15, -0.1) is 0 Å². The van der Waals surface area contributed by atoms with Crippen LogP contribution in [0, 0.1) is 17.8 Å². The van der Waals surface area contributed by atoms with Crippen LogP contribution in [0.1, 0.15) is 80.2 Å². The number of aliphatic hydroxyl groups excluding tert-OH is 2. The zero-order valence-corrected chi connectivity index (χ0v) is 36.8. The number of carbonyl (C=O) groups is 2. The topological polar surface area (TPSA) is 170 Å². The van der Waals surface area contributed by atoms with Crippen LogP contribution in [0.15, 0.2) is 48.5 Å². The normalized spacial score (nSPS) is 36.3. The van der Waals surface area contributed by atoms with Crippen LogP contribution >= 0.6 is 11.6 Å². The van der Waals surface area contributed by atoms with Gasteiger partial charge in [-0.1, -0.05) is 50.6 Å². The molecular weight excluding hydrogens is 811 g/mol. The summed E-state index contributed by atoms with van der Waals surface area (Å²) in [5, 5.41) is 49.5. The van der Waals surface area contributed by atoms with Crippen molar-refractivity contribution >= 4 is 29.3 Å². The minimum absolute atomic E-state index is 0.0589. The van der Waals surface area contributed by atoms with Gasteiger partial charge in [-0.25, -0.2) is 4.79 Å². The highest BCUT2D eigenvalue weighted by Gasteiger charge is 2.51. The first kappa shape index (κ1) is 49.4. The molecule has 2 saturated heterocycles. The summed E-state index contributed by atoms with van der Waals surface area (Å²) in [6.45, 7) is 13.2. The van der Waals surface area contributed by atoms with Gasteiger partial charge < -0.3 is 49.6 Å². The van der Waals surface area contributed by atoms with Gasteiger partial charge >= 0.3 is 18.2 Å². The first-order valence-electron chi connectivity index (χ1n) is 20.5. The van der Waals surface area contributed by atoms with E-state index in [0.29, 0.717) is 5.69 Å². The molecule has 2 aromatic carbocycles. The number of nitrogens with one attached hydrogen (secondary N) is 1. The molecule has 2 aliphatic rings. The van der Waals surface area contributed by atoms with Gasteiger partial charge in [0.1, 0.15) is 23.6 Å². The summed E-state index contributed by atoms with van der Waals surface area (Å²) < 4.78 is 66.5. The van der Waals surface area contributed by atoms with Crippen LogP contribution in [0.2, 0.25) is 5.02 Å². The smallest absolute Gasteiger partial charge is 0.417 e. The van der Waals surface area contributed by atoms with Crippen molar-refractivity contribution in [2.45, 2.75) is 147 Å². The van der Waals surface area contributed by atoms with E-state index in [9.17, 15) is 43.2 Å². The van der Waals surface area contributed by atoms with Gasteiger partial charge in [0.05, 0.1) is 46.5 Å². The van der Waals surface area contributed by atoms with Crippen LogP contribution in [-0.4, -0.2) is 124 Å². The Kier molecular flexibility index (Phi) is 16.4. The molecule has 2 aromatic rings. The second-order valence-corrected chi connectivity index (χ2v) is 17.6. The minimum atomic E-state index is -4.74. The molecule has 14 atom stereocenters. The van der Waals surface area contributed by atoms with E-state index in [4.69, 9.17) is 30.5 Å². The molecule has 2 fully saturated rings. The number of hydrogen-bond acceptors (Lipinski definition) is 11. The molecule has 13 nitrogen and oxygen atoms in total. The molecule has 0 aromatic heterocycles. The van der Waals surface area contributed by atoms with E-state index in [1.807, 2.05) is 13.0 Å². The molecule has 0 radical (unpaired) electrons. The average Bonchev–Trinajstić information content (AvgIpc) is 3.18. The molecule has 60 heavy (non-hydrogen) atoms. The lowest BCUT2D eigenvalue weighted by atomic mass is 9.78. The number of urea groups is 1. The summed E-state index contributed by atoms with van der Waals surface area (Å²) in [4.78, 5) is 30.6. The third-order valence-electron chi connectivity index (χ3n) is 12.0. The lowest BCUT2D eigenvalue weighted by molar-refractivity contribution is -0.293. The molecule has 0 aliphatic carbocycles. The van der Waals surface area contributed by atoms with Crippen molar-refractivity contribution in [1.82, 2.24) is 10.2 Å². The molecule has 5 N–H and O–H groups in total. The third-order valence-corrected chi connectivity index (χ3v) is 12.3. The Morgan fingerprint density at radius 2 is 1.67 bits per heavy atom. The number of halogens is 4. The van der Waals surface area contributed by atoms with E-state index in [0.717, 1.165) is 18.2 Å². The Hall–Kier alpha value is -3.22. The van der Waals surface area contributed by atoms with Gasteiger partial charge in [0.2, 0.25) is 0 Å². The van der Waals surface area contributed by atoms with Crippen LogP contribution < -0.4 is 15.0 Å². The van der Waals surface area contributed by atoms with Gasteiger partial charge in [-0.05, 0) is 96.7 Å². The van der Waals surface area contributed by atoms with Crippen LogP contribution in [0.3, 0.4) is 0 Å². The van der Waals surface area contributed by atoms with E-state index in [-0.39, 0.29) is 37.5 Å². The molecule has 2 heterocycles. The number of benzene rings is 2. The first-order valence-corrected chi connectivity index (χ1v) is 20.8. The number of alkyl halides is 3. The van der Waals surface area contributed by atoms with Crippen molar-refractivity contribution in [3.63, 3.8) is 0 Å². The zero-order valence-electron chi connectivity index (χ0n) is 36.0. The second kappa shape index (κ2) is 19.9. The summed E-state index contributed by atoms with van der Waals surface area (Å²) in [6.07, 6.45) is -12.9. The minimum Gasteiger partial charge on any atom is -0.483 e. The highest BCUT2D eigenvalue weighted by Crippen LogP contribution is 2.40. The van der Waals surface area contributed by atoms with E-state index in [1.54, 1.807) is 66.1 Å². The Morgan fingerprint density at radius 3 is 2.25 bits per heavy atom. The number of anilines is 1. The summed E-state index contributed by atoms with van der Waals surface area (Å²) in [7, 11) is 3.16. The number of para-hydroxylation sites is 1. The summed E-state index contributed by atoms with van der Waals surface area (Å²) in [5.74, 6) is -3.49. The highest BCUT2D eigenvalue weighted by atomic mass is 35.5. The van der Waals surface area contributed by atoms with E-state index < -0.39 is 107 Å². The van der Waals surface area contributed by atoms with Gasteiger partial charge in [0.15, 0.2) is 12.4 Å². The van der Waals surface area contributed by atoms with Crippen molar-refractivity contribution in [3.8, 4) is 5.75 Å². The Labute approximate surface area is 356 Å². The molecule has 338 valence electrons. The van der Waals surface area contributed by atoms with E-state index in [1.165, 1.54) is 30.6 Å². The highest BCUT2D eigenvalue weighted by molar-refractivity contribution is 6.31. The van der Waals surface area contributed by atoms with Crippen LogP contribution in [0.5, 0.6) is 5.75 Å². The number of carbonyl (C=O) groups excluding carboxylic acids is 2. The van der Waals surface area contributed by atoms with Crippen molar-refractivity contribution < 1.29 is 62.1 Å². The molecule has 2 aliphatic heterocycles. The van der Waals surface area contributed by atoms with Gasteiger partial charge in [-0.3, -0.25) is 9.69 Å². The van der Waals surface area contributed by atoms with Crippen molar-refractivity contribution in [3.05, 3.63) is 59.1 Å². The number of aliphatic hydroxyl groups is 4. The number of amides is 2. The lowest BCUT2D eigenvalue weighted by Gasteiger charge is -2.48. The lowest BCUT2D eigenvalue weighted by Crippen LogP contribution is -2.62. The maximum atomic E-state index is 14.1. The maximum absolute atomic E-state index is 14.1. The van der Waals surface area contributed by atoms with E-state index in [2.05, 4.69) is 5.32 Å². The van der Waals surface area contributed by atoms with Gasteiger partial charge in [0.25, 0.3) is 0 Å². The summed E-state index contributed by atoms with van der Waals surface area (Å²) in [5.41, 5.74) is -4.11. The van der Waals surface area contributed by atoms with Crippen molar-refractivity contribution in [2.24, 2.45) is 17.8 Å². The Morgan fingerprint density at radius 1 is 1.03 bits per heavy atom. The molecule has 0 spiro atoms. The number of cyclic esters (lactones) is 1. The number of hydrogen-bond donors (Lipinski definition) is 5. The largest absolute Gasteiger partial charge is 0.483 e. The molecule has 4 rings (SSSR count). The molecule has 2 amide bonds. The van der Waals surface area contributed by atoms with Crippen LogP contribution in [-0.2, 0) is 25.2 Å². The summed E-state index contributed by atoms with van der Waals surface area (Å²) >= 11 is 6.12. The molecular formula is C43H63ClF3N3O10. The van der Waals surface area contributed by atoms with E-state index >= 15 is 0 Å². The second-order valence-electron chi connectivity index (χ2n) is 17.2. The van der Waals surface area contributed by atoms with Crippen LogP contribution in [0.25, 0.3) is 0 Å². The predicted octanol–water partition coefficient (Wildman–Crippen LogP) is 6.02. The fourth-order valence-corrected chi connectivity index (χ4v) is 8.72. The third kappa shape index (κ3) is 11.4. The summed E-state index contributed by atoms with van der Waals surface area (Å²) in [6, 6.07) is 9.83. The number of ether oxygens (including phenoxy) is 4. The Bertz CT molecular complexity index is 1740. The maximum Gasteiger partial charge on any atom is 0.417 e. The monoisotopic (exact) mass is 873 g/mol. The predicted molar refractivity (Wildman–Crippen MR) is 219 cm³/mol. The fourth-order valence-electron chi connectivity index (χ4n) is 8.44. The number of rotatable bonds is 7. The molecule has 0 unspecified atom stereocenters. The fraction of sp³-hybridized carbons (Fsp3) is 0.674. The quantitative estimate of drug-likeness (QED) is 0.206.